The third kappa shape index (κ3) is 3.60. The van der Waals surface area contributed by atoms with Crippen LogP contribution in [-0.2, 0) is 11.2 Å². The second-order valence-electron chi connectivity index (χ2n) is 8.81. The molecule has 0 spiro atoms. The van der Waals surface area contributed by atoms with Crippen molar-refractivity contribution in [3.63, 3.8) is 0 Å². The number of nitrogen functional groups attached to an aromatic ring is 1. The Labute approximate surface area is 197 Å². The number of morpholine rings is 1. The highest BCUT2D eigenvalue weighted by molar-refractivity contribution is 5.88. The molecule has 10 nitrogen and oxygen atoms in total. The molecule has 34 heavy (non-hydrogen) atoms. The molecule has 2 aliphatic rings. The molecule has 3 aromatic heterocycles. The fourth-order valence-corrected chi connectivity index (χ4v) is 4.99. The van der Waals surface area contributed by atoms with Crippen molar-refractivity contribution in [2.24, 2.45) is 0 Å². The van der Waals surface area contributed by atoms with Gasteiger partial charge in [-0.15, -0.1) is 0 Å². The number of hydrogen-bond acceptors (Lipinski definition) is 9. The number of aromatic nitrogens is 6. The zero-order chi connectivity index (χ0) is 23.2. The summed E-state index contributed by atoms with van der Waals surface area (Å²) in [4.78, 5) is 31.2. The monoisotopic (exact) mass is 457 g/mol. The lowest BCUT2D eigenvalue weighted by atomic mass is 9.94. The Morgan fingerprint density at radius 2 is 1.71 bits per heavy atom. The highest BCUT2D eigenvalue weighted by Crippen LogP contribution is 2.40. The number of fused-ring (bicyclic) bond motifs is 3. The van der Waals surface area contributed by atoms with E-state index in [1.54, 1.807) is 0 Å². The maximum absolute atomic E-state index is 6.12. The first kappa shape index (κ1) is 20.8. The van der Waals surface area contributed by atoms with Crippen molar-refractivity contribution >= 4 is 28.5 Å². The summed E-state index contributed by atoms with van der Waals surface area (Å²) in [6.07, 6.45) is 4.70. The predicted octanol–water partition coefficient (Wildman–Crippen LogP) is 2.33. The van der Waals surface area contributed by atoms with Gasteiger partial charge in [-0.3, -0.25) is 0 Å². The topological polar surface area (TPSA) is 122 Å². The van der Waals surface area contributed by atoms with Gasteiger partial charge in [0.05, 0.1) is 13.2 Å². The fraction of sp³-hybridized carbons (Fsp3) is 0.375. The molecular formula is C24H27N9O. The number of hydrogen-bond donors (Lipinski definition) is 2. The molecule has 0 saturated carbocycles. The molecule has 1 fully saturated rings. The number of nitrogens with zero attached hydrogens (tertiary/aromatic N) is 7. The second-order valence-corrected chi connectivity index (χ2v) is 8.81. The van der Waals surface area contributed by atoms with Gasteiger partial charge in [-0.1, -0.05) is 0 Å². The minimum atomic E-state index is -0.155. The summed E-state index contributed by atoms with van der Waals surface area (Å²) in [6.45, 7) is 7.54. The van der Waals surface area contributed by atoms with Crippen LogP contribution in [0.5, 0.6) is 0 Å². The van der Waals surface area contributed by atoms with E-state index in [1.165, 1.54) is 5.56 Å². The van der Waals surface area contributed by atoms with E-state index in [1.807, 2.05) is 44.4 Å². The Bertz CT molecular complexity index is 1320. The SMILES string of the molecule is Cc1nc(C)nc(N2CCc3c([nH]c4ccc(N)cc34)C2c2cnc(N3CCOCC3)nc2)n1. The van der Waals surface area contributed by atoms with Gasteiger partial charge in [-0.2, -0.15) is 9.97 Å². The first-order chi connectivity index (χ1) is 16.6. The summed E-state index contributed by atoms with van der Waals surface area (Å²) in [5, 5.41) is 1.16. The first-order valence-electron chi connectivity index (χ1n) is 11.6. The van der Waals surface area contributed by atoms with Gasteiger partial charge in [0.25, 0.3) is 0 Å². The van der Waals surface area contributed by atoms with E-state index in [9.17, 15) is 0 Å². The number of aryl methyl sites for hydroxylation is 2. The Morgan fingerprint density at radius 3 is 2.44 bits per heavy atom. The van der Waals surface area contributed by atoms with Gasteiger partial charge in [-0.05, 0) is 44.0 Å². The summed E-state index contributed by atoms with van der Waals surface area (Å²) in [5.41, 5.74) is 11.3. The molecule has 2 aliphatic heterocycles. The van der Waals surface area contributed by atoms with Gasteiger partial charge in [-0.25, -0.2) is 15.0 Å². The van der Waals surface area contributed by atoms with Crippen LogP contribution in [0.4, 0.5) is 17.6 Å². The van der Waals surface area contributed by atoms with Crippen molar-refractivity contribution in [1.29, 1.82) is 0 Å². The lowest BCUT2D eigenvalue weighted by molar-refractivity contribution is 0.122. The molecule has 1 atom stereocenters. The van der Waals surface area contributed by atoms with Crippen LogP contribution in [0.2, 0.25) is 0 Å². The summed E-state index contributed by atoms with van der Waals surface area (Å²) < 4.78 is 5.46. The van der Waals surface area contributed by atoms with Gasteiger partial charge < -0.3 is 25.3 Å². The second kappa shape index (κ2) is 8.21. The van der Waals surface area contributed by atoms with Gasteiger partial charge in [0.15, 0.2) is 0 Å². The van der Waals surface area contributed by atoms with Crippen molar-refractivity contribution in [3.05, 3.63) is 59.1 Å². The lowest BCUT2D eigenvalue weighted by Crippen LogP contribution is -2.39. The normalized spacial score (nSPS) is 18.4. The van der Waals surface area contributed by atoms with E-state index >= 15 is 0 Å². The van der Waals surface area contributed by atoms with Crippen molar-refractivity contribution in [2.75, 3.05) is 48.4 Å². The minimum Gasteiger partial charge on any atom is -0.399 e. The molecule has 6 rings (SSSR count). The highest BCUT2D eigenvalue weighted by Gasteiger charge is 2.34. The van der Waals surface area contributed by atoms with Gasteiger partial charge in [0.1, 0.15) is 17.7 Å². The predicted molar refractivity (Wildman–Crippen MR) is 130 cm³/mol. The van der Waals surface area contributed by atoms with Gasteiger partial charge >= 0.3 is 0 Å². The largest absolute Gasteiger partial charge is 0.399 e. The molecule has 174 valence electrons. The quantitative estimate of drug-likeness (QED) is 0.446. The standard InChI is InChI=1S/C24H27N9O/c1-14-28-15(2)30-24(29-14)33-6-5-18-19-11-17(25)3-4-20(19)31-21(18)22(33)16-12-26-23(27-13-16)32-7-9-34-10-8-32/h3-4,11-13,22,31H,5-10,25H2,1-2H3. The van der Waals surface area contributed by atoms with Crippen molar-refractivity contribution < 1.29 is 4.74 Å². The molecule has 10 heteroatoms. The number of benzene rings is 1. The molecule has 3 N–H and O–H groups in total. The Kier molecular flexibility index (Phi) is 5.02. The molecule has 0 bridgehead atoms. The summed E-state index contributed by atoms with van der Waals surface area (Å²) in [6, 6.07) is 5.86. The van der Waals surface area contributed by atoms with Crippen LogP contribution in [-0.4, -0.2) is 62.8 Å². The van der Waals surface area contributed by atoms with Crippen molar-refractivity contribution in [1.82, 2.24) is 29.9 Å². The maximum Gasteiger partial charge on any atom is 0.229 e. The smallest absolute Gasteiger partial charge is 0.229 e. The number of H-pyrrole nitrogens is 1. The van der Waals surface area contributed by atoms with Crippen molar-refractivity contribution in [3.8, 4) is 0 Å². The Hall–Kier alpha value is -3.79. The molecule has 4 aromatic rings. The van der Waals surface area contributed by atoms with E-state index in [0.29, 0.717) is 30.8 Å². The third-order valence-electron chi connectivity index (χ3n) is 6.52. The molecule has 1 saturated heterocycles. The summed E-state index contributed by atoms with van der Waals surface area (Å²) in [7, 11) is 0. The zero-order valence-electron chi connectivity index (χ0n) is 19.3. The van der Waals surface area contributed by atoms with Crippen molar-refractivity contribution in [2.45, 2.75) is 26.3 Å². The Balaban J connectivity index is 1.46. The van der Waals surface area contributed by atoms with E-state index in [4.69, 9.17) is 20.4 Å². The number of nitrogens with one attached hydrogen (secondary N) is 1. The summed E-state index contributed by atoms with van der Waals surface area (Å²) in [5.74, 6) is 2.80. The van der Waals surface area contributed by atoms with E-state index < -0.39 is 0 Å². The van der Waals surface area contributed by atoms with Crippen LogP contribution in [0.25, 0.3) is 10.9 Å². The van der Waals surface area contributed by atoms with Crippen LogP contribution in [0.15, 0.2) is 30.6 Å². The average molecular weight is 458 g/mol. The molecular weight excluding hydrogens is 430 g/mol. The van der Waals surface area contributed by atoms with Crippen LogP contribution in [0, 0.1) is 13.8 Å². The van der Waals surface area contributed by atoms with Crippen LogP contribution >= 0.6 is 0 Å². The molecule has 5 heterocycles. The Morgan fingerprint density at radius 1 is 0.971 bits per heavy atom. The molecule has 0 amide bonds. The molecule has 1 aromatic carbocycles. The number of aromatic amines is 1. The summed E-state index contributed by atoms with van der Waals surface area (Å²) >= 11 is 0. The number of anilines is 3. The highest BCUT2D eigenvalue weighted by atomic mass is 16.5. The van der Waals surface area contributed by atoms with Gasteiger partial charge in [0, 0.05) is 59.9 Å². The number of ether oxygens (including phenoxy) is 1. The molecule has 1 unspecified atom stereocenters. The van der Waals surface area contributed by atoms with Crippen LogP contribution in [0.1, 0.15) is 34.5 Å². The third-order valence-corrected chi connectivity index (χ3v) is 6.52. The maximum atomic E-state index is 6.12. The van der Waals surface area contributed by atoms with E-state index in [0.717, 1.165) is 59.9 Å². The zero-order valence-corrected chi connectivity index (χ0v) is 19.3. The number of rotatable bonds is 3. The minimum absolute atomic E-state index is 0.155. The fourth-order valence-electron chi connectivity index (χ4n) is 4.99. The van der Waals surface area contributed by atoms with Gasteiger partial charge in [0.2, 0.25) is 11.9 Å². The molecule has 0 radical (unpaired) electrons. The van der Waals surface area contributed by atoms with Crippen LogP contribution in [0.3, 0.4) is 0 Å². The van der Waals surface area contributed by atoms with E-state index in [-0.39, 0.29) is 6.04 Å². The van der Waals surface area contributed by atoms with E-state index in [2.05, 4.69) is 29.7 Å². The number of nitrogens with two attached hydrogens (primary N) is 1. The first-order valence-corrected chi connectivity index (χ1v) is 11.6. The van der Waals surface area contributed by atoms with Crippen LogP contribution < -0.4 is 15.5 Å². The molecule has 0 aliphatic carbocycles. The lowest BCUT2D eigenvalue weighted by Gasteiger charge is -2.36. The average Bonchev–Trinajstić information content (AvgIpc) is 3.21.